The fourth-order valence-electron chi connectivity index (χ4n) is 10.1. The van der Waals surface area contributed by atoms with Gasteiger partial charge in [-0.2, -0.15) is 9.97 Å². The number of hydrogen-bond acceptors (Lipinski definition) is 4. The van der Waals surface area contributed by atoms with Gasteiger partial charge in [0.15, 0.2) is 11.6 Å². The molecule has 0 saturated heterocycles. The summed E-state index contributed by atoms with van der Waals surface area (Å²) in [5, 5.41) is 7.11. The summed E-state index contributed by atoms with van der Waals surface area (Å²) in [6, 6.07) is 72.0. The molecule has 1 aliphatic rings. The molecule has 0 aliphatic carbocycles. The number of nitrogens with zero attached hydrogens (tertiary/aromatic N) is 5. The average molecular weight is 820 g/mol. The lowest BCUT2D eigenvalue weighted by Gasteiger charge is -2.13. The van der Waals surface area contributed by atoms with Crippen molar-refractivity contribution < 1.29 is 0 Å². The molecule has 0 N–H and O–H groups in total. The highest BCUT2D eigenvalue weighted by Crippen LogP contribution is 2.48. The molecule has 0 amide bonds. The molecule has 14 rings (SSSR count). The van der Waals surface area contributed by atoms with Crippen molar-refractivity contribution in [3.8, 4) is 67.8 Å². The van der Waals surface area contributed by atoms with E-state index in [-0.39, 0.29) is 0 Å². The standard InChI is InChI=1S/C57H33N5S/c1-2-14-34(15-3-1)35-28-30-36(31-29-35)55-58-56(45-24-13-23-44-41-20-8-11-27-52(41)63-54(44)45)60-57(59-55)62-49-26-10-7-19-40(49)46-32-50-47(33-51(46)62)43-22-12-21-42-38-17-5-4-16-37(38)39-18-6-9-25-48(39)61(50)53(42)43/h1-33H. The Bertz CT molecular complexity index is 4020. The van der Waals surface area contributed by atoms with Crippen LogP contribution in [0, 0.1) is 0 Å². The lowest BCUT2D eigenvalue weighted by atomic mass is 9.94. The number of hydrogen-bond donors (Lipinski definition) is 0. The van der Waals surface area contributed by atoms with Crippen LogP contribution < -0.4 is 0 Å². The van der Waals surface area contributed by atoms with E-state index in [1.54, 1.807) is 11.3 Å². The maximum Gasteiger partial charge on any atom is 0.238 e. The highest BCUT2D eigenvalue weighted by Gasteiger charge is 2.26. The molecule has 1 aliphatic heterocycles. The minimum Gasteiger partial charge on any atom is -0.308 e. The largest absolute Gasteiger partial charge is 0.308 e. The van der Waals surface area contributed by atoms with E-state index in [1.807, 2.05) is 6.07 Å². The predicted molar refractivity (Wildman–Crippen MR) is 262 cm³/mol. The van der Waals surface area contributed by atoms with Crippen LogP contribution in [-0.4, -0.2) is 24.1 Å². The van der Waals surface area contributed by atoms with Crippen LogP contribution in [-0.2, 0) is 0 Å². The Hall–Kier alpha value is -8.19. The molecule has 0 bridgehead atoms. The first-order valence-electron chi connectivity index (χ1n) is 21.3. The van der Waals surface area contributed by atoms with Crippen LogP contribution in [0.4, 0.5) is 0 Å². The topological polar surface area (TPSA) is 48.5 Å². The Morgan fingerprint density at radius 3 is 1.75 bits per heavy atom. The van der Waals surface area contributed by atoms with E-state index in [4.69, 9.17) is 15.0 Å². The third-order valence-corrected chi connectivity index (χ3v) is 14.2. The van der Waals surface area contributed by atoms with Gasteiger partial charge in [-0.1, -0.05) is 164 Å². The van der Waals surface area contributed by atoms with Gasteiger partial charge in [-0.25, -0.2) is 4.98 Å². The van der Waals surface area contributed by atoms with Gasteiger partial charge in [0.1, 0.15) is 0 Å². The zero-order chi connectivity index (χ0) is 41.2. The minimum atomic E-state index is 0.579. The van der Waals surface area contributed by atoms with E-state index in [1.165, 1.54) is 70.8 Å². The summed E-state index contributed by atoms with van der Waals surface area (Å²) in [5.74, 6) is 1.85. The Balaban J connectivity index is 1.06. The van der Waals surface area contributed by atoms with Crippen molar-refractivity contribution in [2.24, 2.45) is 0 Å². The van der Waals surface area contributed by atoms with E-state index in [0.717, 1.165) is 43.2 Å². The van der Waals surface area contributed by atoms with E-state index in [2.05, 4.69) is 203 Å². The van der Waals surface area contributed by atoms with Crippen LogP contribution in [0.2, 0.25) is 0 Å². The van der Waals surface area contributed by atoms with Gasteiger partial charge >= 0.3 is 0 Å². The summed E-state index contributed by atoms with van der Waals surface area (Å²) in [6.45, 7) is 0. The number of rotatable bonds is 4. The van der Waals surface area contributed by atoms with Gasteiger partial charge in [-0.3, -0.25) is 4.57 Å². The van der Waals surface area contributed by atoms with E-state index < -0.39 is 0 Å². The number of thiophene rings is 1. The van der Waals surface area contributed by atoms with Crippen molar-refractivity contribution in [2.75, 3.05) is 0 Å². The molecular weight excluding hydrogens is 787 g/mol. The van der Waals surface area contributed by atoms with Gasteiger partial charge in [0.2, 0.25) is 5.95 Å². The molecule has 6 heteroatoms. The van der Waals surface area contributed by atoms with Crippen LogP contribution in [0.1, 0.15) is 0 Å². The van der Waals surface area contributed by atoms with E-state index >= 15 is 0 Å². The van der Waals surface area contributed by atoms with Crippen molar-refractivity contribution >= 4 is 75.1 Å². The van der Waals surface area contributed by atoms with Gasteiger partial charge in [0.05, 0.1) is 27.8 Å². The second kappa shape index (κ2) is 13.2. The van der Waals surface area contributed by atoms with Crippen molar-refractivity contribution in [1.82, 2.24) is 24.1 Å². The predicted octanol–water partition coefficient (Wildman–Crippen LogP) is 15.1. The van der Waals surface area contributed by atoms with E-state index in [9.17, 15) is 0 Å². The smallest absolute Gasteiger partial charge is 0.238 e. The molecule has 292 valence electrons. The molecule has 63 heavy (non-hydrogen) atoms. The van der Waals surface area contributed by atoms with Gasteiger partial charge < -0.3 is 4.57 Å². The summed E-state index contributed by atoms with van der Waals surface area (Å²) < 4.78 is 7.15. The molecule has 9 aromatic carbocycles. The Labute approximate surface area is 365 Å². The zero-order valence-electron chi connectivity index (χ0n) is 33.7. The fourth-order valence-corrected chi connectivity index (χ4v) is 11.4. The van der Waals surface area contributed by atoms with Crippen LogP contribution in [0.15, 0.2) is 200 Å². The maximum absolute atomic E-state index is 5.45. The molecule has 5 heterocycles. The summed E-state index contributed by atoms with van der Waals surface area (Å²) in [6.07, 6.45) is 0. The van der Waals surface area contributed by atoms with Crippen molar-refractivity contribution in [1.29, 1.82) is 0 Å². The van der Waals surface area contributed by atoms with Gasteiger partial charge in [-0.15, -0.1) is 11.3 Å². The van der Waals surface area contributed by atoms with Crippen molar-refractivity contribution in [2.45, 2.75) is 0 Å². The second-order valence-electron chi connectivity index (χ2n) is 16.3. The van der Waals surface area contributed by atoms with E-state index in [0.29, 0.717) is 17.6 Å². The van der Waals surface area contributed by atoms with Crippen LogP contribution in [0.25, 0.3) is 132 Å². The molecule has 0 unspecified atom stereocenters. The first-order chi connectivity index (χ1) is 31.2. The molecular formula is C57H33N5S. The third-order valence-electron chi connectivity index (χ3n) is 13.0. The first-order valence-corrected chi connectivity index (χ1v) is 22.1. The second-order valence-corrected chi connectivity index (χ2v) is 17.4. The minimum absolute atomic E-state index is 0.579. The monoisotopic (exact) mass is 819 g/mol. The van der Waals surface area contributed by atoms with Crippen LogP contribution >= 0.6 is 11.3 Å². The molecule has 13 aromatic rings. The fraction of sp³-hybridized carbons (Fsp3) is 0. The zero-order valence-corrected chi connectivity index (χ0v) is 34.5. The molecule has 0 saturated carbocycles. The highest BCUT2D eigenvalue weighted by molar-refractivity contribution is 7.26. The van der Waals surface area contributed by atoms with Gasteiger partial charge in [-0.05, 0) is 58.7 Å². The molecule has 0 atom stereocenters. The first kappa shape index (κ1) is 34.5. The quantitative estimate of drug-likeness (QED) is 0.178. The van der Waals surface area contributed by atoms with Crippen molar-refractivity contribution in [3.63, 3.8) is 0 Å². The number of aromatic nitrogens is 5. The molecule has 0 fully saturated rings. The lowest BCUT2D eigenvalue weighted by molar-refractivity contribution is 0.955. The molecule has 0 radical (unpaired) electrons. The number of fused-ring (bicyclic) bond motifs is 14. The SMILES string of the molecule is c1ccc(-c2ccc(-c3nc(-c4cccc5c4sc4ccccc45)nc(-n4c5ccccc5c5cc6c(cc54)c4cccc5c4n6-c4ccccc4-c4ccccc4-5)n3)cc2)cc1. The maximum atomic E-state index is 5.45. The summed E-state index contributed by atoms with van der Waals surface area (Å²) in [7, 11) is 0. The lowest BCUT2D eigenvalue weighted by Crippen LogP contribution is -2.06. The Morgan fingerprint density at radius 2 is 0.905 bits per heavy atom. The summed E-state index contributed by atoms with van der Waals surface area (Å²) >= 11 is 1.79. The Morgan fingerprint density at radius 1 is 0.333 bits per heavy atom. The molecule has 0 spiro atoms. The highest BCUT2D eigenvalue weighted by atomic mass is 32.1. The normalized spacial score (nSPS) is 12.1. The Kier molecular flexibility index (Phi) is 7.21. The van der Waals surface area contributed by atoms with Gasteiger partial charge in [0.25, 0.3) is 0 Å². The molecule has 5 nitrogen and oxygen atoms in total. The molecule has 4 aromatic heterocycles. The number of benzene rings is 9. The number of para-hydroxylation sites is 3. The van der Waals surface area contributed by atoms with Crippen LogP contribution in [0.5, 0.6) is 0 Å². The van der Waals surface area contributed by atoms with Crippen molar-refractivity contribution in [3.05, 3.63) is 200 Å². The van der Waals surface area contributed by atoms with Gasteiger partial charge in [0, 0.05) is 64.0 Å². The van der Waals surface area contributed by atoms with Crippen LogP contribution in [0.3, 0.4) is 0 Å². The average Bonchev–Trinajstić information content (AvgIpc) is 3.98. The third kappa shape index (κ3) is 5.01. The summed E-state index contributed by atoms with van der Waals surface area (Å²) in [5.41, 5.74) is 14.8. The summed E-state index contributed by atoms with van der Waals surface area (Å²) in [4.78, 5) is 16.2.